The third kappa shape index (κ3) is 6.79. The lowest BCUT2D eigenvalue weighted by atomic mass is 10.1. The maximum absolute atomic E-state index is 13.0. The van der Waals surface area contributed by atoms with Gasteiger partial charge >= 0.3 is 16.1 Å². The fraction of sp³-hybridized carbons (Fsp3) is 0.107. The monoisotopic (exact) mass is 487 g/mol. The van der Waals surface area contributed by atoms with E-state index in [-0.39, 0.29) is 17.3 Å². The normalized spacial score (nSPS) is 12.0. The second-order valence-electron chi connectivity index (χ2n) is 7.81. The minimum Gasteiger partial charge on any atom is -0.459 e. The molecule has 35 heavy (non-hydrogen) atoms. The van der Waals surface area contributed by atoms with Crippen molar-refractivity contribution in [2.24, 2.45) is 0 Å². The number of carbonyl (C=O) groups is 1. The van der Waals surface area contributed by atoms with Crippen LogP contribution < -0.4 is 9.50 Å². The molecule has 0 aliphatic heterocycles. The molecule has 0 aliphatic carbocycles. The van der Waals surface area contributed by atoms with Crippen molar-refractivity contribution < 1.29 is 22.1 Å². The number of hydrogen-bond donors (Lipinski definition) is 1. The summed E-state index contributed by atoms with van der Waals surface area (Å²) >= 11 is 0. The first-order chi connectivity index (χ1) is 17.0. The molecule has 1 N–H and O–H groups in total. The van der Waals surface area contributed by atoms with Crippen LogP contribution in [0.3, 0.4) is 0 Å². The van der Waals surface area contributed by atoms with E-state index in [1.54, 1.807) is 30.3 Å². The highest BCUT2D eigenvalue weighted by molar-refractivity contribution is 7.87. The molecule has 0 heterocycles. The highest BCUT2D eigenvalue weighted by Gasteiger charge is 2.23. The molecule has 7 heteroatoms. The van der Waals surface area contributed by atoms with Gasteiger partial charge in [-0.05, 0) is 41.0 Å². The van der Waals surface area contributed by atoms with Crippen LogP contribution in [-0.2, 0) is 32.8 Å². The topological polar surface area (TPSA) is 81.7 Å². The summed E-state index contributed by atoms with van der Waals surface area (Å²) in [6.07, 6.45) is 0. The highest BCUT2D eigenvalue weighted by Crippen LogP contribution is 2.23. The Hall–Kier alpha value is -3.94. The Labute approximate surface area is 205 Å². The Morgan fingerprint density at radius 2 is 1.26 bits per heavy atom. The molecular weight excluding hydrogens is 462 g/mol. The van der Waals surface area contributed by atoms with Crippen LogP contribution in [0.4, 0.5) is 0 Å². The van der Waals surface area contributed by atoms with Crippen molar-refractivity contribution in [1.82, 2.24) is 5.32 Å². The third-order valence-corrected chi connectivity index (χ3v) is 6.53. The first-order valence-corrected chi connectivity index (χ1v) is 12.5. The molecule has 0 fully saturated rings. The van der Waals surface area contributed by atoms with Gasteiger partial charge in [0.05, 0.1) is 0 Å². The Bertz CT molecular complexity index is 1330. The lowest BCUT2D eigenvalue weighted by Crippen LogP contribution is -2.30. The molecule has 0 aromatic heterocycles. The molecule has 0 bridgehead atoms. The summed E-state index contributed by atoms with van der Waals surface area (Å²) in [5, 5.41) is 3.25. The van der Waals surface area contributed by atoms with Gasteiger partial charge in [-0.15, -0.1) is 0 Å². The molecule has 6 nitrogen and oxygen atoms in total. The maximum Gasteiger partial charge on any atom is 0.339 e. The van der Waals surface area contributed by atoms with E-state index in [9.17, 15) is 13.2 Å². The minimum absolute atomic E-state index is 0.0657. The molecule has 4 rings (SSSR count). The summed E-state index contributed by atoms with van der Waals surface area (Å²) in [7, 11) is -3.96. The second-order valence-corrected chi connectivity index (χ2v) is 9.36. The molecule has 0 amide bonds. The van der Waals surface area contributed by atoms with E-state index < -0.39 is 22.1 Å². The predicted octanol–water partition coefficient (Wildman–Crippen LogP) is 5.03. The second kappa shape index (κ2) is 11.5. The fourth-order valence-electron chi connectivity index (χ4n) is 3.44. The molecule has 1 atom stereocenters. The van der Waals surface area contributed by atoms with Crippen LogP contribution in [-0.4, -0.2) is 14.4 Å². The number of hydrogen-bond acceptors (Lipinski definition) is 6. The first kappa shape index (κ1) is 24.2. The van der Waals surface area contributed by atoms with Gasteiger partial charge in [0.15, 0.2) is 0 Å². The van der Waals surface area contributed by atoms with Gasteiger partial charge in [0, 0.05) is 6.54 Å². The molecule has 1 unspecified atom stereocenters. The van der Waals surface area contributed by atoms with E-state index in [0.717, 1.165) is 11.1 Å². The Morgan fingerprint density at radius 3 is 1.86 bits per heavy atom. The minimum atomic E-state index is -3.96. The average Bonchev–Trinajstić information content (AvgIpc) is 2.90. The Morgan fingerprint density at radius 1 is 0.714 bits per heavy atom. The summed E-state index contributed by atoms with van der Waals surface area (Å²) in [6, 6.07) is 32.7. The van der Waals surface area contributed by atoms with E-state index in [1.165, 1.54) is 24.3 Å². The fourth-order valence-corrected chi connectivity index (χ4v) is 4.39. The third-order valence-electron chi connectivity index (χ3n) is 5.26. The van der Waals surface area contributed by atoms with Crippen LogP contribution >= 0.6 is 0 Å². The Balaban J connectivity index is 1.49. The lowest BCUT2D eigenvalue weighted by Gasteiger charge is -2.19. The van der Waals surface area contributed by atoms with Crippen molar-refractivity contribution in [2.45, 2.75) is 24.1 Å². The number of benzene rings is 4. The summed E-state index contributed by atoms with van der Waals surface area (Å²) in [6.45, 7) is 0.603. The summed E-state index contributed by atoms with van der Waals surface area (Å²) < 4.78 is 35.8. The number of esters is 1. The number of nitrogens with one attached hydrogen (secondary N) is 1. The zero-order valence-electron chi connectivity index (χ0n) is 18.9. The molecule has 4 aromatic rings. The van der Waals surface area contributed by atoms with E-state index in [1.807, 2.05) is 60.7 Å². The van der Waals surface area contributed by atoms with Crippen LogP contribution in [0, 0.1) is 0 Å². The molecular formula is C28H25NO5S. The number of rotatable bonds is 10. The molecule has 0 saturated carbocycles. The van der Waals surface area contributed by atoms with Gasteiger partial charge in [-0.2, -0.15) is 8.42 Å². The predicted molar refractivity (Wildman–Crippen MR) is 133 cm³/mol. The zero-order valence-corrected chi connectivity index (χ0v) is 19.7. The van der Waals surface area contributed by atoms with E-state index >= 15 is 0 Å². The SMILES string of the molecule is O=C(OCc1ccccc1)C(NCc1ccccc1)c1ccc(OS(=O)(=O)c2ccccc2)cc1. The molecule has 0 saturated heterocycles. The van der Waals surface area contributed by atoms with E-state index in [2.05, 4.69) is 5.32 Å². The van der Waals surface area contributed by atoms with Gasteiger partial charge in [-0.1, -0.05) is 91.0 Å². The van der Waals surface area contributed by atoms with Crippen LogP contribution in [0.25, 0.3) is 0 Å². The molecule has 178 valence electrons. The lowest BCUT2D eigenvalue weighted by molar-refractivity contribution is -0.147. The van der Waals surface area contributed by atoms with Gasteiger partial charge in [0.2, 0.25) is 0 Å². The summed E-state index contributed by atoms with van der Waals surface area (Å²) in [4.78, 5) is 13.1. The van der Waals surface area contributed by atoms with Crippen LogP contribution in [0.15, 0.2) is 120 Å². The van der Waals surface area contributed by atoms with Crippen LogP contribution in [0.5, 0.6) is 5.75 Å². The van der Waals surface area contributed by atoms with Crippen molar-refractivity contribution in [3.63, 3.8) is 0 Å². The van der Waals surface area contributed by atoms with Crippen molar-refractivity contribution >= 4 is 16.1 Å². The summed E-state index contributed by atoms with van der Waals surface area (Å²) in [5.41, 5.74) is 2.53. The van der Waals surface area contributed by atoms with Crippen molar-refractivity contribution in [3.05, 3.63) is 132 Å². The van der Waals surface area contributed by atoms with Crippen LogP contribution in [0.2, 0.25) is 0 Å². The van der Waals surface area contributed by atoms with Gasteiger partial charge in [0.25, 0.3) is 0 Å². The molecule has 4 aromatic carbocycles. The van der Waals surface area contributed by atoms with Crippen molar-refractivity contribution in [2.75, 3.05) is 0 Å². The Kier molecular flexibility index (Phi) is 7.92. The highest BCUT2D eigenvalue weighted by atomic mass is 32.2. The van der Waals surface area contributed by atoms with Gasteiger partial charge in [-0.25, -0.2) is 4.79 Å². The van der Waals surface area contributed by atoms with Gasteiger partial charge in [-0.3, -0.25) is 5.32 Å². The summed E-state index contributed by atoms with van der Waals surface area (Å²) in [5.74, 6) is -0.285. The quantitative estimate of drug-likeness (QED) is 0.250. The first-order valence-electron chi connectivity index (χ1n) is 11.1. The van der Waals surface area contributed by atoms with E-state index in [4.69, 9.17) is 8.92 Å². The maximum atomic E-state index is 13.0. The van der Waals surface area contributed by atoms with Gasteiger partial charge < -0.3 is 8.92 Å². The largest absolute Gasteiger partial charge is 0.459 e. The molecule has 0 spiro atoms. The van der Waals surface area contributed by atoms with E-state index in [0.29, 0.717) is 12.1 Å². The van der Waals surface area contributed by atoms with Crippen molar-refractivity contribution in [1.29, 1.82) is 0 Å². The molecule has 0 aliphatic rings. The smallest absolute Gasteiger partial charge is 0.339 e. The van der Waals surface area contributed by atoms with Gasteiger partial charge in [0.1, 0.15) is 23.3 Å². The standard InChI is InChI=1S/C28H25NO5S/c30-28(33-21-23-12-6-2-7-13-23)27(29-20-22-10-4-1-5-11-22)24-16-18-25(19-17-24)34-35(31,32)26-14-8-3-9-15-26/h1-19,27,29H,20-21H2. The average molecular weight is 488 g/mol. The van der Waals surface area contributed by atoms with Crippen molar-refractivity contribution in [3.8, 4) is 5.75 Å². The zero-order chi connectivity index (χ0) is 24.5. The number of ether oxygens (including phenoxy) is 1. The molecule has 0 radical (unpaired) electrons. The number of carbonyl (C=O) groups excluding carboxylic acids is 1. The van der Waals surface area contributed by atoms with Crippen LogP contribution in [0.1, 0.15) is 22.7 Å².